The monoisotopic (exact) mass is 223 g/mol. The quantitative estimate of drug-likeness (QED) is 0.686. The van der Waals surface area contributed by atoms with Crippen LogP contribution in [0.15, 0.2) is 12.4 Å². The van der Waals surface area contributed by atoms with Crippen LogP contribution in [-0.2, 0) is 13.5 Å². The van der Waals surface area contributed by atoms with Gasteiger partial charge in [0.1, 0.15) is 0 Å². The largest absolute Gasteiger partial charge is 0.317 e. The summed E-state index contributed by atoms with van der Waals surface area (Å²) < 4.78 is 1.88. The van der Waals surface area contributed by atoms with Crippen LogP contribution in [0.25, 0.3) is 0 Å². The maximum absolute atomic E-state index is 4.18. The molecule has 0 fully saturated rings. The molecule has 16 heavy (non-hydrogen) atoms. The van der Waals surface area contributed by atoms with Gasteiger partial charge in [-0.1, -0.05) is 19.8 Å². The molecule has 0 aromatic carbocycles. The first-order valence-corrected chi connectivity index (χ1v) is 6.41. The van der Waals surface area contributed by atoms with Crippen LogP contribution in [-0.4, -0.2) is 22.9 Å². The van der Waals surface area contributed by atoms with E-state index >= 15 is 0 Å². The SMILES string of the molecule is CCCC(CCCCc1cnn(C)c1)NC. The minimum atomic E-state index is 0.707. The summed E-state index contributed by atoms with van der Waals surface area (Å²) in [4.78, 5) is 0. The molecule has 92 valence electrons. The van der Waals surface area contributed by atoms with Gasteiger partial charge in [0.05, 0.1) is 6.20 Å². The molecule has 1 aromatic heterocycles. The molecule has 1 unspecified atom stereocenters. The van der Waals surface area contributed by atoms with Gasteiger partial charge < -0.3 is 5.32 Å². The number of nitrogens with zero attached hydrogens (tertiary/aromatic N) is 2. The molecular weight excluding hydrogens is 198 g/mol. The molecule has 0 amide bonds. The van der Waals surface area contributed by atoms with Crippen molar-refractivity contribution in [3.8, 4) is 0 Å². The predicted molar refractivity (Wildman–Crippen MR) is 68.5 cm³/mol. The van der Waals surface area contributed by atoms with E-state index in [4.69, 9.17) is 0 Å². The predicted octanol–water partition coefficient (Wildman–Crippen LogP) is 2.52. The summed E-state index contributed by atoms with van der Waals surface area (Å²) >= 11 is 0. The lowest BCUT2D eigenvalue weighted by atomic mass is 10.0. The number of aromatic nitrogens is 2. The molecule has 3 nitrogen and oxygen atoms in total. The Bertz CT molecular complexity index is 280. The first-order chi connectivity index (χ1) is 7.76. The van der Waals surface area contributed by atoms with Gasteiger partial charge in [0.15, 0.2) is 0 Å². The number of aryl methyl sites for hydroxylation is 2. The smallest absolute Gasteiger partial charge is 0.0521 e. The third kappa shape index (κ3) is 4.79. The fraction of sp³-hybridized carbons (Fsp3) is 0.769. The molecule has 0 saturated heterocycles. The standard InChI is InChI=1S/C13H25N3/c1-4-7-13(14-2)9-6-5-8-12-10-15-16(3)11-12/h10-11,13-14H,4-9H2,1-3H3. The van der Waals surface area contributed by atoms with E-state index in [9.17, 15) is 0 Å². The Morgan fingerprint density at radius 1 is 1.38 bits per heavy atom. The van der Waals surface area contributed by atoms with Gasteiger partial charge in [-0.25, -0.2) is 0 Å². The molecule has 3 heteroatoms. The van der Waals surface area contributed by atoms with Gasteiger partial charge in [0, 0.05) is 19.3 Å². The Kier molecular flexibility index (Phi) is 6.16. The molecule has 1 heterocycles. The fourth-order valence-corrected chi connectivity index (χ4v) is 2.10. The third-order valence-corrected chi connectivity index (χ3v) is 3.07. The maximum Gasteiger partial charge on any atom is 0.0521 e. The van der Waals surface area contributed by atoms with Crippen LogP contribution >= 0.6 is 0 Å². The lowest BCUT2D eigenvalue weighted by molar-refractivity contribution is 0.462. The van der Waals surface area contributed by atoms with Crippen LogP contribution < -0.4 is 5.32 Å². The second-order valence-corrected chi connectivity index (χ2v) is 4.54. The number of unbranched alkanes of at least 4 members (excludes halogenated alkanes) is 1. The van der Waals surface area contributed by atoms with Crippen molar-refractivity contribution in [2.24, 2.45) is 7.05 Å². The number of nitrogens with one attached hydrogen (secondary N) is 1. The van der Waals surface area contributed by atoms with Crippen molar-refractivity contribution < 1.29 is 0 Å². The van der Waals surface area contributed by atoms with Crippen LogP contribution in [0.4, 0.5) is 0 Å². The van der Waals surface area contributed by atoms with Crippen LogP contribution in [0.2, 0.25) is 0 Å². The van der Waals surface area contributed by atoms with Crippen molar-refractivity contribution >= 4 is 0 Å². The molecule has 0 aliphatic carbocycles. The van der Waals surface area contributed by atoms with Crippen LogP contribution in [0, 0.1) is 0 Å². The maximum atomic E-state index is 4.18. The zero-order chi connectivity index (χ0) is 11.8. The lowest BCUT2D eigenvalue weighted by Gasteiger charge is -2.14. The highest BCUT2D eigenvalue weighted by Crippen LogP contribution is 2.09. The first-order valence-electron chi connectivity index (χ1n) is 6.41. The molecule has 1 rings (SSSR count). The average molecular weight is 223 g/mol. The lowest BCUT2D eigenvalue weighted by Crippen LogP contribution is -2.24. The van der Waals surface area contributed by atoms with E-state index in [1.165, 1.54) is 37.7 Å². The van der Waals surface area contributed by atoms with Gasteiger partial charge in [-0.15, -0.1) is 0 Å². The molecule has 0 saturated carbocycles. The zero-order valence-electron chi connectivity index (χ0n) is 10.9. The molecule has 1 N–H and O–H groups in total. The van der Waals surface area contributed by atoms with Crippen molar-refractivity contribution in [1.29, 1.82) is 0 Å². The van der Waals surface area contributed by atoms with Gasteiger partial charge in [-0.05, 0) is 38.3 Å². The highest BCUT2D eigenvalue weighted by Gasteiger charge is 2.04. The summed E-state index contributed by atoms with van der Waals surface area (Å²) in [5.74, 6) is 0. The van der Waals surface area contributed by atoms with E-state index in [2.05, 4.69) is 30.6 Å². The van der Waals surface area contributed by atoms with Gasteiger partial charge in [0.25, 0.3) is 0 Å². The van der Waals surface area contributed by atoms with Crippen molar-refractivity contribution in [3.05, 3.63) is 18.0 Å². The molecule has 1 atom stereocenters. The minimum Gasteiger partial charge on any atom is -0.317 e. The summed E-state index contributed by atoms with van der Waals surface area (Å²) in [6.45, 7) is 2.25. The van der Waals surface area contributed by atoms with E-state index in [1.807, 2.05) is 17.9 Å². The van der Waals surface area contributed by atoms with Crippen LogP contribution in [0.1, 0.15) is 44.6 Å². The highest BCUT2D eigenvalue weighted by atomic mass is 15.2. The van der Waals surface area contributed by atoms with Crippen molar-refractivity contribution in [1.82, 2.24) is 15.1 Å². The Morgan fingerprint density at radius 2 is 2.19 bits per heavy atom. The van der Waals surface area contributed by atoms with Crippen molar-refractivity contribution in [2.45, 2.75) is 51.5 Å². The minimum absolute atomic E-state index is 0.707. The second kappa shape index (κ2) is 7.44. The fourth-order valence-electron chi connectivity index (χ4n) is 2.10. The number of rotatable bonds is 8. The van der Waals surface area contributed by atoms with Crippen molar-refractivity contribution in [3.63, 3.8) is 0 Å². The Hall–Kier alpha value is -0.830. The molecule has 0 radical (unpaired) electrons. The number of hydrogen-bond donors (Lipinski definition) is 1. The molecule has 0 aliphatic rings. The summed E-state index contributed by atoms with van der Waals surface area (Å²) in [6, 6.07) is 0.707. The topological polar surface area (TPSA) is 29.9 Å². The normalized spacial score (nSPS) is 12.9. The molecule has 0 spiro atoms. The van der Waals surface area contributed by atoms with Crippen LogP contribution in [0.3, 0.4) is 0 Å². The van der Waals surface area contributed by atoms with Crippen molar-refractivity contribution in [2.75, 3.05) is 7.05 Å². The Morgan fingerprint density at radius 3 is 2.75 bits per heavy atom. The number of hydrogen-bond acceptors (Lipinski definition) is 2. The second-order valence-electron chi connectivity index (χ2n) is 4.54. The molecule has 1 aromatic rings. The van der Waals surface area contributed by atoms with Gasteiger partial charge >= 0.3 is 0 Å². The highest BCUT2D eigenvalue weighted by molar-refractivity contribution is 5.03. The first kappa shape index (κ1) is 13.2. The Labute approximate surface area is 99.2 Å². The third-order valence-electron chi connectivity index (χ3n) is 3.07. The summed E-state index contributed by atoms with van der Waals surface area (Å²) in [7, 11) is 4.04. The summed E-state index contributed by atoms with van der Waals surface area (Å²) in [5.41, 5.74) is 1.36. The van der Waals surface area contributed by atoms with E-state index in [0.717, 1.165) is 6.42 Å². The average Bonchev–Trinajstić information content (AvgIpc) is 2.69. The van der Waals surface area contributed by atoms with E-state index in [0.29, 0.717) is 6.04 Å². The van der Waals surface area contributed by atoms with E-state index < -0.39 is 0 Å². The molecule has 0 bridgehead atoms. The Balaban J connectivity index is 2.11. The van der Waals surface area contributed by atoms with Gasteiger partial charge in [-0.3, -0.25) is 4.68 Å². The molecule has 0 aliphatic heterocycles. The van der Waals surface area contributed by atoms with E-state index in [-0.39, 0.29) is 0 Å². The zero-order valence-corrected chi connectivity index (χ0v) is 10.9. The summed E-state index contributed by atoms with van der Waals surface area (Å²) in [6.07, 6.45) is 11.7. The van der Waals surface area contributed by atoms with Crippen LogP contribution in [0.5, 0.6) is 0 Å². The van der Waals surface area contributed by atoms with E-state index in [1.54, 1.807) is 0 Å². The molecular formula is C13H25N3. The van der Waals surface area contributed by atoms with Gasteiger partial charge in [-0.2, -0.15) is 5.10 Å². The van der Waals surface area contributed by atoms with Gasteiger partial charge in [0.2, 0.25) is 0 Å². The summed E-state index contributed by atoms with van der Waals surface area (Å²) in [5, 5.41) is 7.57.